The van der Waals surface area contributed by atoms with Gasteiger partial charge in [-0.1, -0.05) is 12.2 Å². The maximum absolute atomic E-state index is 12.1. The average molecular weight is 315 g/mol. The fourth-order valence-electron chi connectivity index (χ4n) is 2.47. The number of carbonyl (C=O) groups is 2. The first-order valence-corrected chi connectivity index (χ1v) is 8.15. The molecule has 114 valence electrons. The van der Waals surface area contributed by atoms with E-state index in [1.165, 1.54) is 17.6 Å². The number of rotatable bonds is 5. The fraction of sp³-hybridized carbons (Fsp3) is 0.294. The minimum atomic E-state index is -0.120. The minimum Gasteiger partial charge on any atom is -0.461 e. The van der Waals surface area contributed by atoms with Gasteiger partial charge in [0.05, 0.1) is 17.7 Å². The van der Waals surface area contributed by atoms with Gasteiger partial charge in [-0.05, 0) is 43.5 Å². The topological polar surface area (TPSA) is 59.3 Å². The highest BCUT2D eigenvalue weighted by Gasteiger charge is 2.19. The molecule has 4 nitrogen and oxygen atoms in total. The lowest BCUT2D eigenvalue weighted by atomic mass is 9.94. The van der Waals surface area contributed by atoms with E-state index in [1.807, 2.05) is 6.07 Å². The molecule has 0 fully saturated rings. The second-order valence-electron chi connectivity index (χ2n) is 5.27. The molecule has 2 aromatic rings. The summed E-state index contributed by atoms with van der Waals surface area (Å²) < 4.78 is 5.12. The van der Waals surface area contributed by atoms with Crippen LogP contribution in [0.25, 0.3) is 0 Å². The molecule has 0 aromatic carbocycles. The highest BCUT2D eigenvalue weighted by Crippen LogP contribution is 2.21. The first-order valence-electron chi connectivity index (χ1n) is 7.33. The average Bonchev–Trinajstić information content (AvgIpc) is 3.24. The maximum Gasteiger partial charge on any atom is 0.238 e. The molecule has 1 unspecified atom stereocenters. The van der Waals surface area contributed by atoms with Crippen LogP contribution >= 0.6 is 11.3 Å². The molecular formula is C17H17NO3S. The van der Waals surface area contributed by atoms with Crippen LogP contribution in [0.1, 0.15) is 39.6 Å². The van der Waals surface area contributed by atoms with Gasteiger partial charge in [0.1, 0.15) is 0 Å². The van der Waals surface area contributed by atoms with Crippen molar-refractivity contribution in [3.05, 3.63) is 58.2 Å². The molecule has 22 heavy (non-hydrogen) atoms. The van der Waals surface area contributed by atoms with Crippen LogP contribution in [-0.4, -0.2) is 11.7 Å². The largest absolute Gasteiger partial charge is 0.461 e. The molecule has 0 bridgehead atoms. The number of carbonyl (C=O) groups excluding carboxylic acids is 2. The number of nitrogens with one attached hydrogen (secondary N) is 1. The third-order valence-corrected chi connectivity index (χ3v) is 4.79. The van der Waals surface area contributed by atoms with Crippen molar-refractivity contribution in [1.82, 2.24) is 5.32 Å². The van der Waals surface area contributed by atoms with Crippen molar-refractivity contribution >= 4 is 23.0 Å². The van der Waals surface area contributed by atoms with E-state index < -0.39 is 0 Å². The Morgan fingerprint density at radius 1 is 1.27 bits per heavy atom. The Hall–Kier alpha value is -2.14. The molecule has 5 heteroatoms. The first kappa shape index (κ1) is 14.8. The zero-order valence-corrected chi connectivity index (χ0v) is 12.9. The Balaban J connectivity index is 1.57. The van der Waals surface area contributed by atoms with Crippen LogP contribution in [0, 0.1) is 5.92 Å². The molecule has 0 saturated carbocycles. The molecule has 0 aliphatic heterocycles. The summed E-state index contributed by atoms with van der Waals surface area (Å²) in [7, 11) is 0. The maximum atomic E-state index is 12.1. The van der Waals surface area contributed by atoms with Crippen molar-refractivity contribution in [2.24, 2.45) is 5.92 Å². The molecule has 0 radical (unpaired) electrons. The second kappa shape index (κ2) is 6.75. The number of hydrogen-bond donors (Lipinski definition) is 1. The van der Waals surface area contributed by atoms with E-state index in [0.29, 0.717) is 17.2 Å². The van der Waals surface area contributed by atoms with Crippen molar-refractivity contribution in [3.8, 4) is 0 Å². The van der Waals surface area contributed by atoms with Gasteiger partial charge >= 0.3 is 0 Å². The predicted molar refractivity (Wildman–Crippen MR) is 84.8 cm³/mol. The summed E-state index contributed by atoms with van der Waals surface area (Å²) >= 11 is 1.39. The number of amides is 1. The molecule has 2 heterocycles. The summed E-state index contributed by atoms with van der Waals surface area (Å²) in [5, 5.41) is 2.96. The smallest absolute Gasteiger partial charge is 0.238 e. The monoisotopic (exact) mass is 315 g/mol. The van der Waals surface area contributed by atoms with Crippen LogP contribution < -0.4 is 5.32 Å². The summed E-state index contributed by atoms with van der Waals surface area (Å²) in [4.78, 5) is 25.8. The molecule has 0 spiro atoms. The van der Waals surface area contributed by atoms with Gasteiger partial charge in [-0.2, -0.15) is 0 Å². The van der Waals surface area contributed by atoms with Crippen LogP contribution in [0.15, 0.2) is 47.1 Å². The first-order chi connectivity index (χ1) is 10.7. The molecule has 3 rings (SSSR count). The zero-order chi connectivity index (χ0) is 15.4. The lowest BCUT2D eigenvalue weighted by Gasteiger charge is -2.16. The summed E-state index contributed by atoms with van der Waals surface area (Å²) in [6.07, 6.45) is 8.38. The van der Waals surface area contributed by atoms with Crippen LogP contribution in [-0.2, 0) is 11.3 Å². The zero-order valence-electron chi connectivity index (χ0n) is 12.1. The third kappa shape index (κ3) is 3.36. The Morgan fingerprint density at radius 2 is 2.18 bits per heavy atom. The van der Waals surface area contributed by atoms with Gasteiger partial charge in [0.25, 0.3) is 0 Å². The van der Waals surface area contributed by atoms with Crippen LogP contribution in [0.3, 0.4) is 0 Å². The number of ketones is 1. The molecule has 0 saturated heterocycles. The van der Waals surface area contributed by atoms with E-state index in [-0.39, 0.29) is 17.6 Å². The summed E-state index contributed by atoms with van der Waals surface area (Å²) in [5.41, 5.74) is 0. The second-order valence-corrected chi connectivity index (χ2v) is 6.44. The van der Waals surface area contributed by atoms with Crippen LogP contribution in [0.2, 0.25) is 0 Å². The number of allylic oxidation sites excluding steroid dienone is 2. The third-order valence-electron chi connectivity index (χ3n) is 3.71. The van der Waals surface area contributed by atoms with Gasteiger partial charge in [-0.25, -0.2) is 0 Å². The molecule has 1 aliphatic carbocycles. The molecular weight excluding hydrogens is 298 g/mol. The van der Waals surface area contributed by atoms with Crippen molar-refractivity contribution in [1.29, 1.82) is 0 Å². The number of thiophene rings is 1. The Kier molecular flexibility index (Phi) is 4.53. The molecule has 1 atom stereocenters. The van der Waals surface area contributed by atoms with Crippen LogP contribution in [0.5, 0.6) is 0 Å². The van der Waals surface area contributed by atoms with Crippen LogP contribution in [0.4, 0.5) is 0 Å². The van der Waals surface area contributed by atoms with Gasteiger partial charge in [-0.15, -0.1) is 11.3 Å². The standard InChI is InChI=1S/C17H17NO3S/c19-16(14-7-4-10-21-14)15-9-8-13(22-15)11-18-17(20)12-5-2-1-3-6-12/h1-2,4,7-10,12H,3,5-6,11H2,(H,18,20). The van der Waals surface area contributed by atoms with Gasteiger partial charge < -0.3 is 9.73 Å². The number of hydrogen-bond acceptors (Lipinski definition) is 4. The fourth-order valence-corrected chi connectivity index (χ4v) is 3.37. The summed E-state index contributed by atoms with van der Waals surface area (Å²) in [6, 6.07) is 7.00. The van der Waals surface area contributed by atoms with Gasteiger partial charge in [0, 0.05) is 10.8 Å². The number of furan rings is 1. The van der Waals surface area contributed by atoms with E-state index in [9.17, 15) is 9.59 Å². The van der Waals surface area contributed by atoms with E-state index >= 15 is 0 Å². The lowest BCUT2D eigenvalue weighted by Crippen LogP contribution is -2.30. The van der Waals surface area contributed by atoms with Crippen molar-refractivity contribution in [2.75, 3.05) is 0 Å². The molecule has 1 aliphatic rings. The Labute approximate surface area is 132 Å². The Morgan fingerprint density at radius 3 is 2.91 bits per heavy atom. The van der Waals surface area contributed by atoms with Gasteiger partial charge in [0.15, 0.2) is 5.76 Å². The Bertz CT molecular complexity index is 685. The van der Waals surface area contributed by atoms with E-state index in [1.54, 1.807) is 18.2 Å². The van der Waals surface area contributed by atoms with E-state index in [0.717, 1.165) is 24.1 Å². The van der Waals surface area contributed by atoms with Crippen molar-refractivity contribution in [2.45, 2.75) is 25.8 Å². The SMILES string of the molecule is O=C(c1ccco1)c1ccc(CNC(=O)C2CC=CCC2)s1. The highest BCUT2D eigenvalue weighted by atomic mass is 32.1. The highest BCUT2D eigenvalue weighted by molar-refractivity contribution is 7.14. The van der Waals surface area contributed by atoms with Gasteiger partial charge in [0.2, 0.25) is 11.7 Å². The van der Waals surface area contributed by atoms with Crippen molar-refractivity contribution < 1.29 is 14.0 Å². The quantitative estimate of drug-likeness (QED) is 0.678. The molecule has 1 amide bonds. The summed E-state index contributed by atoms with van der Waals surface area (Å²) in [6.45, 7) is 0.467. The molecule has 1 N–H and O–H groups in total. The van der Waals surface area contributed by atoms with Crippen molar-refractivity contribution in [3.63, 3.8) is 0 Å². The van der Waals surface area contributed by atoms with E-state index in [4.69, 9.17) is 4.42 Å². The molecule has 2 aromatic heterocycles. The predicted octanol–water partition coefficient (Wildman–Crippen LogP) is 3.54. The lowest BCUT2D eigenvalue weighted by molar-refractivity contribution is -0.125. The normalized spacial score (nSPS) is 17.4. The van der Waals surface area contributed by atoms with E-state index in [2.05, 4.69) is 17.5 Å². The minimum absolute atomic E-state index is 0.0779. The van der Waals surface area contributed by atoms with Gasteiger partial charge in [-0.3, -0.25) is 9.59 Å². The summed E-state index contributed by atoms with van der Waals surface area (Å²) in [5.74, 6) is 0.391.